The molecule has 216 valence electrons. The van der Waals surface area contributed by atoms with Crippen LogP contribution in [0.25, 0.3) is 10.9 Å². The van der Waals surface area contributed by atoms with Crippen LogP contribution in [0, 0.1) is 0 Å². The highest BCUT2D eigenvalue weighted by Gasteiger charge is 2.37. The summed E-state index contributed by atoms with van der Waals surface area (Å²) in [6.45, 7) is 5.00. The standard InChI is InChI=1S/C28H36N4O4S.CH2O2/c1-4-32-18-20-10-13-37(35,36)31(3)23-15-21(16-24(32)26(20)23)27(34)30-22(14-19-8-6-5-7-9-19)25(33)17-29-28(2)11-12-28;2-1-3/h5-9,15-16,18,22,25,29,33H,4,10-14,17H2,1-3H3,(H,30,34);1H,(H,2,3)/t22-,25+;/m0./s1. The second-order valence-corrected chi connectivity index (χ2v) is 12.9. The highest BCUT2D eigenvalue weighted by atomic mass is 32.2. The molecule has 1 fully saturated rings. The van der Waals surface area contributed by atoms with Crippen molar-refractivity contribution in [2.24, 2.45) is 0 Å². The van der Waals surface area contributed by atoms with Crippen LogP contribution in [-0.2, 0) is 34.2 Å². The maximum absolute atomic E-state index is 13.6. The lowest BCUT2D eigenvalue weighted by Crippen LogP contribution is -2.50. The number of carbonyl (C=O) groups excluding carboxylic acids is 1. The predicted molar refractivity (Wildman–Crippen MR) is 155 cm³/mol. The highest BCUT2D eigenvalue weighted by Crippen LogP contribution is 2.37. The summed E-state index contributed by atoms with van der Waals surface area (Å²) in [7, 11) is -1.94. The number of benzene rings is 2. The van der Waals surface area contributed by atoms with E-state index in [2.05, 4.69) is 22.1 Å². The number of aryl methyl sites for hydroxylation is 2. The number of carboxylic acid groups (broad SMARTS) is 1. The lowest BCUT2D eigenvalue weighted by Gasteiger charge is -2.26. The normalized spacial score (nSPS) is 18.1. The molecule has 2 heterocycles. The molecule has 2 aromatic carbocycles. The Balaban J connectivity index is 0.00000118. The Morgan fingerprint density at radius 2 is 1.88 bits per heavy atom. The summed E-state index contributed by atoms with van der Waals surface area (Å²) in [5, 5.41) is 25.4. The number of sulfonamides is 1. The molecule has 4 N–H and O–H groups in total. The third-order valence-corrected chi connectivity index (χ3v) is 9.60. The molecule has 1 amide bonds. The van der Waals surface area contributed by atoms with Gasteiger partial charge in [0.1, 0.15) is 0 Å². The van der Waals surface area contributed by atoms with Gasteiger partial charge >= 0.3 is 0 Å². The molecule has 0 radical (unpaired) electrons. The zero-order chi connectivity index (χ0) is 29.1. The van der Waals surface area contributed by atoms with Gasteiger partial charge < -0.3 is 25.4 Å². The Labute approximate surface area is 235 Å². The van der Waals surface area contributed by atoms with Crippen LogP contribution in [-0.4, -0.2) is 72.6 Å². The van der Waals surface area contributed by atoms with Gasteiger partial charge in [-0.15, -0.1) is 0 Å². The van der Waals surface area contributed by atoms with Crippen molar-refractivity contribution in [1.29, 1.82) is 0 Å². The zero-order valence-electron chi connectivity index (χ0n) is 23.1. The largest absolute Gasteiger partial charge is 0.483 e. The van der Waals surface area contributed by atoms with E-state index in [0.717, 1.165) is 34.9 Å². The van der Waals surface area contributed by atoms with Crippen molar-refractivity contribution in [2.45, 2.75) is 63.8 Å². The molecule has 3 aromatic rings. The molecule has 1 aliphatic heterocycles. The van der Waals surface area contributed by atoms with Gasteiger partial charge in [-0.05, 0) is 62.8 Å². The first-order valence-electron chi connectivity index (χ1n) is 13.5. The summed E-state index contributed by atoms with van der Waals surface area (Å²) in [5.74, 6) is -0.309. The summed E-state index contributed by atoms with van der Waals surface area (Å²) in [4.78, 5) is 22.0. The van der Waals surface area contributed by atoms with Gasteiger partial charge in [0.2, 0.25) is 10.0 Å². The van der Waals surface area contributed by atoms with Crippen LogP contribution in [0.15, 0.2) is 48.7 Å². The first kappa shape index (κ1) is 29.6. The molecular formula is C29H38N4O6S. The number of hydrogen-bond acceptors (Lipinski definition) is 6. The second-order valence-electron chi connectivity index (χ2n) is 10.7. The smallest absolute Gasteiger partial charge is 0.290 e. The molecule has 0 unspecified atom stereocenters. The summed E-state index contributed by atoms with van der Waals surface area (Å²) < 4.78 is 29.1. The molecule has 40 heavy (non-hydrogen) atoms. The minimum absolute atomic E-state index is 0.0276. The van der Waals surface area contributed by atoms with Gasteiger partial charge in [-0.3, -0.25) is 13.9 Å². The van der Waals surface area contributed by atoms with E-state index in [4.69, 9.17) is 9.90 Å². The summed E-state index contributed by atoms with van der Waals surface area (Å²) >= 11 is 0. The first-order chi connectivity index (χ1) is 19.0. The van der Waals surface area contributed by atoms with E-state index in [0.29, 0.717) is 37.2 Å². The second kappa shape index (κ2) is 12.0. The van der Waals surface area contributed by atoms with Crippen LogP contribution in [0.2, 0.25) is 0 Å². The molecule has 0 saturated heterocycles. The topological polar surface area (TPSA) is 141 Å². The van der Waals surface area contributed by atoms with Gasteiger partial charge in [0, 0.05) is 42.8 Å². The molecule has 10 nitrogen and oxygen atoms in total. The van der Waals surface area contributed by atoms with Gasteiger partial charge in [-0.25, -0.2) is 8.42 Å². The summed E-state index contributed by atoms with van der Waals surface area (Å²) in [5.41, 5.74) is 3.79. The predicted octanol–water partition coefficient (Wildman–Crippen LogP) is 2.53. The van der Waals surface area contributed by atoms with E-state index in [9.17, 15) is 18.3 Å². The Morgan fingerprint density at radius 1 is 1.20 bits per heavy atom. The Morgan fingerprint density at radius 3 is 2.50 bits per heavy atom. The van der Waals surface area contributed by atoms with Crippen molar-refractivity contribution in [2.75, 3.05) is 23.7 Å². The van der Waals surface area contributed by atoms with Crippen molar-refractivity contribution in [1.82, 2.24) is 15.2 Å². The Kier molecular flexibility index (Phi) is 8.86. The minimum atomic E-state index is -3.49. The van der Waals surface area contributed by atoms with Gasteiger partial charge in [-0.2, -0.15) is 0 Å². The van der Waals surface area contributed by atoms with E-state index >= 15 is 0 Å². The molecule has 0 bridgehead atoms. The fraction of sp³-hybridized carbons (Fsp3) is 0.448. The fourth-order valence-corrected chi connectivity index (χ4v) is 6.30. The third-order valence-electron chi connectivity index (χ3n) is 7.85. The number of nitrogens with zero attached hydrogens (tertiary/aromatic N) is 2. The Hall–Kier alpha value is -3.41. The monoisotopic (exact) mass is 570 g/mol. The SMILES string of the molecule is CCn1cc2c3c(cc(C(=O)N[C@@H](Cc4ccccc4)[C@H](O)CNC4(C)CC4)cc31)N(C)S(=O)(=O)CC2.O=CO. The summed E-state index contributed by atoms with van der Waals surface area (Å²) in [6, 6.07) is 12.8. The lowest BCUT2D eigenvalue weighted by molar-refractivity contribution is -0.122. The van der Waals surface area contributed by atoms with Crippen LogP contribution in [0.1, 0.15) is 48.2 Å². The molecule has 0 spiro atoms. The lowest BCUT2D eigenvalue weighted by atomic mass is 9.99. The molecule has 11 heteroatoms. The average Bonchev–Trinajstić information content (AvgIpc) is 3.58. The van der Waals surface area contributed by atoms with Crippen molar-refractivity contribution < 1.29 is 28.2 Å². The van der Waals surface area contributed by atoms with Gasteiger partial charge in [0.15, 0.2) is 0 Å². The van der Waals surface area contributed by atoms with E-state index in [1.807, 2.05) is 49.5 Å². The van der Waals surface area contributed by atoms with Gasteiger partial charge in [-0.1, -0.05) is 30.3 Å². The quantitative estimate of drug-likeness (QED) is 0.290. The number of aromatic nitrogens is 1. The number of carbonyl (C=O) groups is 2. The maximum atomic E-state index is 13.6. The van der Waals surface area contributed by atoms with E-state index in [1.54, 1.807) is 13.1 Å². The maximum Gasteiger partial charge on any atom is 0.290 e. The number of anilines is 1. The van der Waals surface area contributed by atoms with Crippen LogP contribution in [0.4, 0.5) is 5.69 Å². The van der Waals surface area contributed by atoms with Crippen LogP contribution < -0.4 is 14.9 Å². The van der Waals surface area contributed by atoms with Gasteiger partial charge in [0.05, 0.1) is 29.1 Å². The zero-order valence-corrected chi connectivity index (χ0v) is 23.9. The molecule has 2 atom stereocenters. The molecule has 1 aliphatic carbocycles. The van der Waals surface area contributed by atoms with Crippen LogP contribution >= 0.6 is 0 Å². The number of rotatable bonds is 9. The molecule has 5 rings (SSSR count). The Bertz CT molecular complexity index is 1470. The number of hydrogen-bond donors (Lipinski definition) is 4. The average molecular weight is 571 g/mol. The minimum Gasteiger partial charge on any atom is -0.483 e. The fourth-order valence-electron chi connectivity index (χ4n) is 5.11. The van der Waals surface area contributed by atoms with Crippen molar-refractivity contribution in [3.8, 4) is 0 Å². The molecule has 1 aromatic heterocycles. The van der Waals surface area contributed by atoms with Gasteiger partial charge in [0.25, 0.3) is 12.4 Å². The molecular weight excluding hydrogens is 532 g/mol. The molecule has 2 aliphatic rings. The van der Waals surface area contributed by atoms with E-state index < -0.39 is 22.2 Å². The number of amides is 1. The third kappa shape index (κ3) is 6.48. The van der Waals surface area contributed by atoms with Crippen molar-refractivity contribution >= 4 is 39.0 Å². The number of aliphatic hydroxyl groups excluding tert-OH is 1. The van der Waals surface area contributed by atoms with E-state index in [-0.39, 0.29) is 23.7 Å². The van der Waals surface area contributed by atoms with Crippen LogP contribution in [0.3, 0.4) is 0 Å². The van der Waals surface area contributed by atoms with Crippen molar-refractivity contribution in [3.05, 3.63) is 65.4 Å². The molecule has 1 saturated carbocycles. The first-order valence-corrected chi connectivity index (χ1v) is 15.1. The highest BCUT2D eigenvalue weighted by molar-refractivity contribution is 7.92. The summed E-state index contributed by atoms with van der Waals surface area (Å²) in [6.07, 6.45) is 4.27. The number of aliphatic hydroxyl groups is 1. The number of nitrogens with one attached hydrogen (secondary N) is 2. The van der Waals surface area contributed by atoms with E-state index in [1.165, 1.54) is 4.31 Å². The van der Waals surface area contributed by atoms with Crippen LogP contribution in [0.5, 0.6) is 0 Å². The van der Waals surface area contributed by atoms with Crippen molar-refractivity contribution in [3.63, 3.8) is 0 Å². The number of β-amino-alcohol motifs (C(OH)–C–C–N with tert-alkyl or cyclic N) is 1.